The number of ether oxygens (including phenoxy) is 1. The number of nitriles is 1. The van der Waals surface area contributed by atoms with E-state index in [-0.39, 0.29) is 13.2 Å². The van der Waals surface area contributed by atoms with Crippen molar-refractivity contribution >= 4 is 12.0 Å². The Morgan fingerprint density at radius 2 is 2.05 bits per heavy atom. The van der Waals surface area contributed by atoms with E-state index in [1.54, 1.807) is 18.2 Å². The molecule has 0 aromatic heterocycles. The number of alkyl carbamates (subject to hydrolysis) is 1. The average Bonchev–Trinajstić information content (AvgIpc) is 2.49. The van der Waals surface area contributed by atoms with Crippen molar-refractivity contribution in [3.8, 4) is 6.07 Å². The van der Waals surface area contributed by atoms with Gasteiger partial charge in [0.1, 0.15) is 19.2 Å². The number of nitrogens with one attached hydrogen (secondary N) is 2. The van der Waals surface area contributed by atoms with Gasteiger partial charge in [0.05, 0.1) is 12.7 Å². The minimum Gasteiger partial charge on any atom is -0.445 e. The number of hydrogen-bond acceptors (Lipinski definition) is 5. The number of amides is 2. The summed E-state index contributed by atoms with van der Waals surface area (Å²) in [7, 11) is 0. The second kappa shape index (κ2) is 8.50. The lowest BCUT2D eigenvalue weighted by molar-refractivity contribution is -0.123. The van der Waals surface area contributed by atoms with Crippen LogP contribution in [0, 0.1) is 11.3 Å². The molecule has 0 spiro atoms. The minimum absolute atomic E-state index is 0.0602. The molecule has 0 aliphatic rings. The number of rotatable bonds is 6. The van der Waals surface area contributed by atoms with E-state index in [0.29, 0.717) is 0 Å². The van der Waals surface area contributed by atoms with Gasteiger partial charge in [-0.3, -0.25) is 4.79 Å². The fourth-order valence-corrected chi connectivity index (χ4v) is 1.35. The molecule has 0 unspecified atom stereocenters. The van der Waals surface area contributed by atoms with E-state index in [1.165, 1.54) is 0 Å². The number of carbonyl (C=O) groups excluding carboxylic acids is 2. The summed E-state index contributed by atoms with van der Waals surface area (Å²) in [6, 6.07) is 9.60. The first-order valence-electron chi connectivity index (χ1n) is 5.90. The number of carbonyl (C=O) groups is 2. The second-order valence-electron chi connectivity index (χ2n) is 3.82. The Morgan fingerprint density at radius 3 is 2.65 bits per heavy atom. The van der Waals surface area contributed by atoms with Crippen LogP contribution in [0.3, 0.4) is 0 Å². The zero-order chi connectivity index (χ0) is 14.8. The highest BCUT2D eigenvalue weighted by atomic mass is 16.5. The highest BCUT2D eigenvalue weighted by Gasteiger charge is 2.20. The van der Waals surface area contributed by atoms with Crippen molar-refractivity contribution in [2.24, 2.45) is 0 Å². The van der Waals surface area contributed by atoms with Crippen molar-refractivity contribution in [2.75, 3.05) is 13.2 Å². The van der Waals surface area contributed by atoms with Crippen LogP contribution in [0.1, 0.15) is 5.56 Å². The van der Waals surface area contributed by atoms with Crippen molar-refractivity contribution in [3.05, 3.63) is 35.9 Å². The summed E-state index contributed by atoms with van der Waals surface area (Å²) >= 11 is 0. The molecule has 1 rings (SSSR count). The quantitative estimate of drug-likeness (QED) is 0.629. The predicted molar refractivity (Wildman–Crippen MR) is 69.3 cm³/mol. The zero-order valence-electron chi connectivity index (χ0n) is 10.7. The lowest BCUT2D eigenvalue weighted by Crippen LogP contribution is -2.49. The number of nitrogens with zero attached hydrogens (tertiary/aromatic N) is 1. The summed E-state index contributed by atoms with van der Waals surface area (Å²) in [4.78, 5) is 22.9. The molecular formula is C13H15N3O4. The molecule has 3 N–H and O–H groups in total. The Morgan fingerprint density at radius 1 is 1.35 bits per heavy atom. The monoisotopic (exact) mass is 277 g/mol. The number of aliphatic hydroxyl groups is 1. The average molecular weight is 277 g/mol. The van der Waals surface area contributed by atoms with E-state index >= 15 is 0 Å². The molecule has 0 saturated carbocycles. The van der Waals surface area contributed by atoms with E-state index in [0.717, 1.165) is 5.56 Å². The van der Waals surface area contributed by atoms with Gasteiger partial charge in [-0.15, -0.1) is 0 Å². The standard InChI is InChI=1S/C13H15N3O4/c14-6-7-15-12(18)11(8-17)16-13(19)20-9-10-4-2-1-3-5-10/h1-5,11,17H,7-9H2,(H,15,18)(H,16,19)/t11-/m1/s1. The van der Waals surface area contributed by atoms with Gasteiger partial charge in [-0.2, -0.15) is 5.26 Å². The Bertz CT molecular complexity index is 484. The third-order valence-electron chi connectivity index (χ3n) is 2.35. The summed E-state index contributed by atoms with van der Waals surface area (Å²) in [6.45, 7) is -0.724. The molecule has 106 valence electrons. The fraction of sp³-hybridized carbons (Fsp3) is 0.308. The molecule has 0 aliphatic heterocycles. The summed E-state index contributed by atoms with van der Waals surface area (Å²) in [5.41, 5.74) is 0.803. The maximum atomic E-state index is 11.5. The molecule has 1 aromatic carbocycles. The van der Waals surface area contributed by atoms with E-state index in [4.69, 9.17) is 15.1 Å². The Labute approximate surface area is 116 Å². The molecule has 0 heterocycles. The van der Waals surface area contributed by atoms with Crippen LogP contribution < -0.4 is 10.6 Å². The number of benzene rings is 1. The third kappa shape index (κ3) is 5.37. The zero-order valence-corrected chi connectivity index (χ0v) is 10.7. The first-order chi connectivity index (χ1) is 9.67. The molecule has 7 nitrogen and oxygen atoms in total. The van der Waals surface area contributed by atoms with Crippen molar-refractivity contribution in [3.63, 3.8) is 0 Å². The molecule has 1 atom stereocenters. The molecule has 1 aromatic rings. The summed E-state index contributed by atoms with van der Waals surface area (Å²) in [6.07, 6.45) is -0.819. The van der Waals surface area contributed by atoms with Gasteiger partial charge in [0.2, 0.25) is 5.91 Å². The number of aliphatic hydroxyl groups excluding tert-OH is 1. The van der Waals surface area contributed by atoms with Gasteiger partial charge >= 0.3 is 6.09 Å². The molecule has 20 heavy (non-hydrogen) atoms. The molecular weight excluding hydrogens is 262 g/mol. The highest BCUT2D eigenvalue weighted by molar-refractivity contribution is 5.85. The SMILES string of the molecule is N#CCNC(=O)[C@@H](CO)NC(=O)OCc1ccccc1. The van der Waals surface area contributed by atoms with Crippen LogP contribution in [0.2, 0.25) is 0 Å². The van der Waals surface area contributed by atoms with Crippen LogP contribution in [0.4, 0.5) is 4.79 Å². The maximum Gasteiger partial charge on any atom is 0.408 e. The van der Waals surface area contributed by atoms with E-state index in [2.05, 4.69) is 10.6 Å². The van der Waals surface area contributed by atoms with E-state index in [1.807, 2.05) is 18.2 Å². The highest BCUT2D eigenvalue weighted by Crippen LogP contribution is 2.00. The maximum absolute atomic E-state index is 11.5. The van der Waals surface area contributed by atoms with Gasteiger partial charge < -0.3 is 20.5 Å². The Hall–Kier alpha value is -2.59. The lowest BCUT2D eigenvalue weighted by Gasteiger charge is -2.15. The summed E-state index contributed by atoms with van der Waals surface area (Å²) in [5, 5.41) is 21.8. The summed E-state index contributed by atoms with van der Waals surface area (Å²) < 4.78 is 4.91. The van der Waals surface area contributed by atoms with Crippen molar-refractivity contribution < 1.29 is 19.4 Å². The Kier molecular flexibility index (Phi) is 6.57. The smallest absolute Gasteiger partial charge is 0.408 e. The van der Waals surface area contributed by atoms with Gasteiger partial charge in [0.15, 0.2) is 0 Å². The van der Waals surface area contributed by atoms with Crippen LogP contribution in [0.15, 0.2) is 30.3 Å². The van der Waals surface area contributed by atoms with Gasteiger partial charge in [-0.05, 0) is 5.56 Å². The molecule has 0 radical (unpaired) electrons. The van der Waals surface area contributed by atoms with Gasteiger partial charge in [-0.1, -0.05) is 30.3 Å². The van der Waals surface area contributed by atoms with Crippen molar-refractivity contribution in [1.29, 1.82) is 5.26 Å². The van der Waals surface area contributed by atoms with Crippen LogP contribution in [-0.2, 0) is 16.1 Å². The fourth-order valence-electron chi connectivity index (χ4n) is 1.35. The molecule has 0 fully saturated rings. The molecule has 0 aliphatic carbocycles. The van der Waals surface area contributed by atoms with E-state index < -0.39 is 24.6 Å². The van der Waals surface area contributed by atoms with Gasteiger partial charge in [0, 0.05) is 0 Å². The van der Waals surface area contributed by atoms with Crippen molar-refractivity contribution in [1.82, 2.24) is 10.6 Å². The van der Waals surface area contributed by atoms with Crippen molar-refractivity contribution in [2.45, 2.75) is 12.6 Å². The van der Waals surface area contributed by atoms with Crippen LogP contribution >= 0.6 is 0 Å². The largest absolute Gasteiger partial charge is 0.445 e. The molecule has 2 amide bonds. The van der Waals surface area contributed by atoms with Gasteiger partial charge in [-0.25, -0.2) is 4.79 Å². The first kappa shape index (κ1) is 15.5. The number of hydrogen-bond donors (Lipinski definition) is 3. The third-order valence-corrected chi connectivity index (χ3v) is 2.35. The van der Waals surface area contributed by atoms with Crippen LogP contribution in [-0.4, -0.2) is 36.3 Å². The molecule has 0 bridgehead atoms. The second-order valence-corrected chi connectivity index (χ2v) is 3.82. The van der Waals surface area contributed by atoms with Crippen LogP contribution in [0.25, 0.3) is 0 Å². The minimum atomic E-state index is -1.15. The first-order valence-corrected chi connectivity index (χ1v) is 5.90. The van der Waals surface area contributed by atoms with Crippen LogP contribution in [0.5, 0.6) is 0 Å². The predicted octanol–water partition coefficient (Wildman–Crippen LogP) is -0.0865. The molecule has 7 heteroatoms. The van der Waals surface area contributed by atoms with E-state index in [9.17, 15) is 9.59 Å². The Balaban J connectivity index is 2.39. The summed E-state index contributed by atoms with van der Waals surface area (Å²) in [5.74, 6) is -0.647. The molecule has 0 saturated heterocycles. The van der Waals surface area contributed by atoms with Gasteiger partial charge in [0.25, 0.3) is 0 Å². The lowest BCUT2D eigenvalue weighted by atomic mass is 10.2. The normalized spacial score (nSPS) is 11.0. The topological polar surface area (TPSA) is 111 Å².